The normalized spacial score (nSPS) is 10.5. The van der Waals surface area contributed by atoms with Crippen LogP contribution in [0.1, 0.15) is 35.3 Å². The highest BCUT2D eigenvalue weighted by molar-refractivity contribution is 6.02. The summed E-state index contributed by atoms with van der Waals surface area (Å²) in [6.45, 7) is 4.61. The number of carbonyl (C=O) groups is 3. The van der Waals surface area contributed by atoms with Gasteiger partial charge in [-0.25, -0.2) is 0 Å². The predicted octanol–water partition coefficient (Wildman–Crippen LogP) is 3.07. The van der Waals surface area contributed by atoms with E-state index in [0.29, 0.717) is 24.3 Å². The summed E-state index contributed by atoms with van der Waals surface area (Å²) >= 11 is 0. The van der Waals surface area contributed by atoms with Crippen molar-refractivity contribution in [3.63, 3.8) is 0 Å². The minimum atomic E-state index is -0.258. The number of nitrogens with zero attached hydrogens (tertiary/aromatic N) is 1. The molecule has 3 amide bonds. The van der Waals surface area contributed by atoms with Crippen LogP contribution in [0.4, 0.5) is 5.69 Å². The van der Waals surface area contributed by atoms with E-state index in [0.717, 1.165) is 11.1 Å². The van der Waals surface area contributed by atoms with Crippen molar-refractivity contribution in [2.24, 2.45) is 0 Å². The molecule has 0 radical (unpaired) electrons. The monoisotopic (exact) mass is 379 g/mol. The molecule has 0 saturated heterocycles. The van der Waals surface area contributed by atoms with Crippen LogP contribution in [0.3, 0.4) is 0 Å². The van der Waals surface area contributed by atoms with E-state index in [2.05, 4.69) is 10.6 Å². The fraction of sp³-hybridized carbons (Fsp3) is 0.227. The van der Waals surface area contributed by atoms with Gasteiger partial charge in [0.15, 0.2) is 0 Å². The highest BCUT2D eigenvalue weighted by Gasteiger charge is 2.07. The first kappa shape index (κ1) is 20.9. The molecule has 6 heteroatoms. The molecular formula is C22H25N3O3. The SMILES string of the molecule is CCN(Cc1cccc(NC(=O)/C=C/c2ccc(C(=O)NC)cc2)c1)C(C)=O. The summed E-state index contributed by atoms with van der Waals surface area (Å²) in [5.41, 5.74) is 2.99. The van der Waals surface area contributed by atoms with Gasteiger partial charge in [-0.3, -0.25) is 14.4 Å². The first-order chi connectivity index (χ1) is 13.4. The maximum absolute atomic E-state index is 12.2. The second kappa shape index (κ2) is 10.1. The third-order valence-electron chi connectivity index (χ3n) is 4.22. The molecule has 0 aromatic heterocycles. The van der Waals surface area contributed by atoms with Gasteiger partial charge in [-0.1, -0.05) is 24.3 Å². The molecule has 0 bridgehead atoms. The molecule has 0 atom stereocenters. The van der Waals surface area contributed by atoms with Gasteiger partial charge < -0.3 is 15.5 Å². The average Bonchev–Trinajstić information content (AvgIpc) is 2.70. The smallest absolute Gasteiger partial charge is 0.251 e. The standard InChI is InChI=1S/C22H25N3O3/c1-4-25(16(2)26)15-18-6-5-7-20(14-18)24-21(27)13-10-17-8-11-19(12-9-17)22(28)23-3/h5-14H,4,15H2,1-3H3,(H,23,28)(H,24,27)/b13-10+. The van der Waals surface area contributed by atoms with Gasteiger partial charge in [0.05, 0.1) is 0 Å². The van der Waals surface area contributed by atoms with Crippen molar-refractivity contribution in [1.82, 2.24) is 10.2 Å². The summed E-state index contributed by atoms with van der Waals surface area (Å²) in [5, 5.41) is 5.38. The lowest BCUT2D eigenvalue weighted by Gasteiger charge is -2.19. The minimum absolute atomic E-state index is 0.0160. The molecule has 0 unspecified atom stereocenters. The number of benzene rings is 2. The van der Waals surface area contributed by atoms with Gasteiger partial charge in [0, 0.05) is 44.4 Å². The fourth-order valence-corrected chi connectivity index (χ4v) is 2.66. The van der Waals surface area contributed by atoms with Crippen LogP contribution in [0.15, 0.2) is 54.6 Å². The van der Waals surface area contributed by atoms with Crippen molar-refractivity contribution in [2.75, 3.05) is 18.9 Å². The molecule has 0 spiro atoms. The van der Waals surface area contributed by atoms with Gasteiger partial charge in [0.1, 0.15) is 0 Å². The molecule has 0 aliphatic rings. The molecule has 0 saturated carbocycles. The van der Waals surface area contributed by atoms with Gasteiger partial charge in [-0.15, -0.1) is 0 Å². The van der Waals surface area contributed by atoms with E-state index in [9.17, 15) is 14.4 Å². The Morgan fingerprint density at radius 3 is 2.39 bits per heavy atom. The summed E-state index contributed by atoms with van der Waals surface area (Å²) in [7, 11) is 1.58. The maximum atomic E-state index is 12.2. The molecule has 146 valence electrons. The number of anilines is 1. The van der Waals surface area contributed by atoms with Gasteiger partial charge in [-0.2, -0.15) is 0 Å². The van der Waals surface area contributed by atoms with Crippen LogP contribution in [0.2, 0.25) is 0 Å². The highest BCUT2D eigenvalue weighted by Crippen LogP contribution is 2.13. The zero-order valence-corrected chi connectivity index (χ0v) is 16.4. The molecule has 0 aliphatic heterocycles. The molecule has 6 nitrogen and oxygen atoms in total. The van der Waals surface area contributed by atoms with Crippen molar-refractivity contribution < 1.29 is 14.4 Å². The van der Waals surface area contributed by atoms with E-state index in [1.807, 2.05) is 25.1 Å². The molecule has 2 aromatic carbocycles. The van der Waals surface area contributed by atoms with Gasteiger partial charge >= 0.3 is 0 Å². The Hall–Kier alpha value is -3.41. The molecule has 2 N–H and O–H groups in total. The van der Waals surface area contributed by atoms with E-state index in [1.165, 1.54) is 6.08 Å². The molecule has 0 fully saturated rings. The zero-order valence-electron chi connectivity index (χ0n) is 16.4. The first-order valence-electron chi connectivity index (χ1n) is 9.08. The van der Waals surface area contributed by atoms with Gasteiger partial charge in [0.2, 0.25) is 11.8 Å². The van der Waals surface area contributed by atoms with E-state index in [-0.39, 0.29) is 17.7 Å². The zero-order chi connectivity index (χ0) is 20.5. The highest BCUT2D eigenvalue weighted by atomic mass is 16.2. The van der Waals surface area contributed by atoms with E-state index in [1.54, 1.807) is 55.3 Å². The Morgan fingerprint density at radius 2 is 1.79 bits per heavy atom. The quantitative estimate of drug-likeness (QED) is 0.726. The van der Waals surface area contributed by atoms with E-state index < -0.39 is 0 Å². The number of hydrogen-bond acceptors (Lipinski definition) is 3. The summed E-state index contributed by atoms with van der Waals surface area (Å²) in [5.74, 6) is -0.395. The predicted molar refractivity (Wildman–Crippen MR) is 111 cm³/mol. The van der Waals surface area contributed by atoms with Crippen LogP contribution in [-0.2, 0) is 16.1 Å². The summed E-state index contributed by atoms with van der Waals surface area (Å²) in [6.07, 6.45) is 3.12. The van der Waals surface area contributed by atoms with Crippen molar-refractivity contribution in [3.05, 3.63) is 71.3 Å². The van der Waals surface area contributed by atoms with Crippen molar-refractivity contribution in [3.8, 4) is 0 Å². The third-order valence-corrected chi connectivity index (χ3v) is 4.22. The average molecular weight is 379 g/mol. The summed E-state index contributed by atoms with van der Waals surface area (Å²) in [4.78, 5) is 37.0. The summed E-state index contributed by atoms with van der Waals surface area (Å²) in [6, 6.07) is 14.4. The van der Waals surface area contributed by atoms with E-state index in [4.69, 9.17) is 0 Å². The van der Waals surface area contributed by atoms with Gasteiger partial charge in [-0.05, 0) is 48.4 Å². The Bertz CT molecular complexity index is 873. The van der Waals surface area contributed by atoms with Crippen molar-refractivity contribution in [1.29, 1.82) is 0 Å². The molecule has 2 rings (SSSR count). The molecule has 28 heavy (non-hydrogen) atoms. The molecule has 0 heterocycles. The fourth-order valence-electron chi connectivity index (χ4n) is 2.66. The first-order valence-corrected chi connectivity index (χ1v) is 9.08. The second-order valence-electron chi connectivity index (χ2n) is 6.26. The Morgan fingerprint density at radius 1 is 1.07 bits per heavy atom. The van der Waals surface area contributed by atoms with Crippen LogP contribution in [-0.4, -0.2) is 36.2 Å². The van der Waals surface area contributed by atoms with Crippen molar-refractivity contribution >= 4 is 29.5 Å². The van der Waals surface area contributed by atoms with Crippen LogP contribution in [0.5, 0.6) is 0 Å². The van der Waals surface area contributed by atoms with E-state index >= 15 is 0 Å². The molecule has 2 aromatic rings. The number of amides is 3. The maximum Gasteiger partial charge on any atom is 0.251 e. The number of hydrogen-bond donors (Lipinski definition) is 2. The Kier molecular flexibility index (Phi) is 7.51. The van der Waals surface area contributed by atoms with Crippen LogP contribution in [0, 0.1) is 0 Å². The lowest BCUT2D eigenvalue weighted by Crippen LogP contribution is -2.27. The Balaban J connectivity index is 1.99. The minimum Gasteiger partial charge on any atom is -0.355 e. The third kappa shape index (κ3) is 6.09. The second-order valence-corrected chi connectivity index (χ2v) is 6.26. The lowest BCUT2D eigenvalue weighted by atomic mass is 10.1. The number of nitrogens with one attached hydrogen (secondary N) is 2. The largest absolute Gasteiger partial charge is 0.355 e. The van der Waals surface area contributed by atoms with Gasteiger partial charge in [0.25, 0.3) is 5.91 Å². The lowest BCUT2D eigenvalue weighted by molar-refractivity contribution is -0.129. The van der Waals surface area contributed by atoms with Crippen molar-refractivity contribution in [2.45, 2.75) is 20.4 Å². The van der Waals surface area contributed by atoms with Crippen LogP contribution < -0.4 is 10.6 Å². The topological polar surface area (TPSA) is 78.5 Å². The molecule has 0 aliphatic carbocycles. The Labute approximate surface area is 165 Å². The molecular weight excluding hydrogens is 354 g/mol. The number of rotatable bonds is 7. The summed E-state index contributed by atoms with van der Waals surface area (Å²) < 4.78 is 0. The number of carbonyl (C=O) groups excluding carboxylic acids is 3. The van der Waals surface area contributed by atoms with Crippen LogP contribution in [0.25, 0.3) is 6.08 Å². The van der Waals surface area contributed by atoms with Crippen LogP contribution >= 0.6 is 0 Å².